The maximum Gasteiger partial charge on any atom is 0.123 e. The average molecular weight is 256 g/mol. The van der Waals surface area contributed by atoms with Crippen LogP contribution in [0.4, 0.5) is 0 Å². The molecular formula is C17H20O2. The Bertz CT molecular complexity index is 532. The first-order valence-corrected chi connectivity index (χ1v) is 6.58. The van der Waals surface area contributed by atoms with Crippen LogP contribution in [0.1, 0.15) is 42.7 Å². The van der Waals surface area contributed by atoms with Gasteiger partial charge in [-0.2, -0.15) is 0 Å². The molecule has 0 saturated heterocycles. The Morgan fingerprint density at radius 2 is 1.63 bits per heavy atom. The molecule has 2 aromatic carbocycles. The molecule has 0 aromatic heterocycles. The number of ether oxygens (including phenoxy) is 1. The fourth-order valence-electron chi connectivity index (χ4n) is 2.05. The standard InChI is InChI=1S/C17H20O2/c1-12-11-16(13(2)18)9-10-17(12)19-14(3)15-7-5-4-6-8-15/h4-11,13-14,18H,1-3H3/t13-,14?/m1/s1. The molecule has 0 aliphatic rings. The molecule has 0 aliphatic heterocycles. The third-order valence-corrected chi connectivity index (χ3v) is 3.25. The summed E-state index contributed by atoms with van der Waals surface area (Å²) in [6.45, 7) is 5.80. The zero-order chi connectivity index (χ0) is 13.8. The number of rotatable bonds is 4. The lowest BCUT2D eigenvalue weighted by atomic mass is 10.1. The van der Waals surface area contributed by atoms with Crippen LogP contribution in [0.5, 0.6) is 5.75 Å². The van der Waals surface area contributed by atoms with Gasteiger partial charge in [-0.15, -0.1) is 0 Å². The van der Waals surface area contributed by atoms with Gasteiger partial charge < -0.3 is 9.84 Å². The molecule has 2 rings (SSSR count). The summed E-state index contributed by atoms with van der Waals surface area (Å²) in [5, 5.41) is 9.56. The minimum Gasteiger partial charge on any atom is -0.486 e. The first-order chi connectivity index (χ1) is 9.08. The molecule has 2 nitrogen and oxygen atoms in total. The highest BCUT2D eigenvalue weighted by Gasteiger charge is 2.10. The topological polar surface area (TPSA) is 29.5 Å². The SMILES string of the molecule is Cc1cc([C@@H](C)O)ccc1OC(C)c1ccccc1. The molecule has 0 amide bonds. The van der Waals surface area contributed by atoms with Crippen LogP contribution in [-0.4, -0.2) is 5.11 Å². The van der Waals surface area contributed by atoms with E-state index in [9.17, 15) is 5.11 Å². The fourth-order valence-corrected chi connectivity index (χ4v) is 2.05. The molecule has 1 unspecified atom stereocenters. The lowest BCUT2D eigenvalue weighted by Crippen LogP contribution is -2.04. The minimum atomic E-state index is -0.445. The van der Waals surface area contributed by atoms with Gasteiger partial charge in [-0.05, 0) is 49.6 Å². The maximum absolute atomic E-state index is 9.56. The van der Waals surface area contributed by atoms with Crippen molar-refractivity contribution in [1.82, 2.24) is 0 Å². The number of aliphatic hydroxyl groups is 1. The van der Waals surface area contributed by atoms with Crippen molar-refractivity contribution in [2.75, 3.05) is 0 Å². The van der Waals surface area contributed by atoms with E-state index in [2.05, 4.69) is 12.1 Å². The lowest BCUT2D eigenvalue weighted by molar-refractivity contribution is 0.198. The molecule has 0 aliphatic carbocycles. The summed E-state index contributed by atoms with van der Waals surface area (Å²) in [6.07, 6.45) is -0.434. The summed E-state index contributed by atoms with van der Waals surface area (Å²) in [5.41, 5.74) is 3.11. The van der Waals surface area contributed by atoms with E-state index in [1.807, 2.05) is 50.2 Å². The first-order valence-electron chi connectivity index (χ1n) is 6.58. The van der Waals surface area contributed by atoms with Crippen molar-refractivity contribution in [2.45, 2.75) is 33.0 Å². The van der Waals surface area contributed by atoms with E-state index >= 15 is 0 Å². The van der Waals surface area contributed by atoms with Gasteiger partial charge in [-0.3, -0.25) is 0 Å². The molecule has 19 heavy (non-hydrogen) atoms. The molecule has 0 bridgehead atoms. The summed E-state index contributed by atoms with van der Waals surface area (Å²) in [6, 6.07) is 15.9. The van der Waals surface area contributed by atoms with Crippen LogP contribution < -0.4 is 4.74 Å². The summed E-state index contributed by atoms with van der Waals surface area (Å²) in [7, 11) is 0. The summed E-state index contributed by atoms with van der Waals surface area (Å²) < 4.78 is 5.98. The number of hydrogen-bond donors (Lipinski definition) is 1. The normalized spacial score (nSPS) is 13.9. The Morgan fingerprint density at radius 1 is 0.947 bits per heavy atom. The molecule has 0 saturated carbocycles. The molecule has 1 N–H and O–H groups in total. The highest BCUT2D eigenvalue weighted by molar-refractivity contribution is 5.37. The van der Waals surface area contributed by atoms with Crippen molar-refractivity contribution < 1.29 is 9.84 Å². The highest BCUT2D eigenvalue weighted by atomic mass is 16.5. The van der Waals surface area contributed by atoms with Crippen LogP contribution in [0, 0.1) is 6.92 Å². The Labute approximate surface area is 114 Å². The highest BCUT2D eigenvalue weighted by Crippen LogP contribution is 2.27. The third kappa shape index (κ3) is 3.36. The smallest absolute Gasteiger partial charge is 0.123 e. The zero-order valence-corrected chi connectivity index (χ0v) is 11.6. The fraction of sp³-hybridized carbons (Fsp3) is 0.294. The second-order valence-corrected chi connectivity index (χ2v) is 4.87. The van der Waals surface area contributed by atoms with Crippen molar-refractivity contribution in [3.8, 4) is 5.75 Å². The molecule has 0 heterocycles. The van der Waals surface area contributed by atoms with Crippen molar-refractivity contribution in [2.24, 2.45) is 0 Å². The van der Waals surface area contributed by atoms with E-state index in [1.54, 1.807) is 6.92 Å². The van der Waals surface area contributed by atoms with Gasteiger partial charge in [0.2, 0.25) is 0 Å². The van der Waals surface area contributed by atoms with Gasteiger partial charge in [0.15, 0.2) is 0 Å². The van der Waals surface area contributed by atoms with E-state index in [1.165, 1.54) is 0 Å². The van der Waals surface area contributed by atoms with Gasteiger partial charge in [0.05, 0.1) is 6.10 Å². The van der Waals surface area contributed by atoms with Gasteiger partial charge >= 0.3 is 0 Å². The Kier molecular flexibility index (Phi) is 4.23. The second kappa shape index (κ2) is 5.89. The molecule has 2 heteroatoms. The van der Waals surface area contributed by atoms with E-state index in [4.69, 9.17) is 4.74 Å². The van der Waals surface area contributed by atoms with Gasteiger partial charge in [0, 0.05) is 0 Å². The predicted molar refractivity (Wildman–Crippen MR) is 77.3 cm³/mol. The monoisotopic (exact) mass is 256 g/mol. The third-order valence-electron chi connectivity index (χ3n) is 3.25. The zero-order valence-electron chi connectivity index (χ0n) is 11.6. The van der Waals surface area contributed by atoms with Gasteiger partial charge in [0.25, 0.3) is 0 Å². The Morgan fingerprint density at radius 3 is 2.21 bits per heavy atom. The van der Waals surface area contributed by atoms with Crippen LogP contribution in [0.2, 0.25) is 0 Å². The van der Waals surface area contributed by atoms with Crippen LogP contribution in [0.15, 0.2) is 48.5 Å². The Balaban J connectivity index is 2.15. The predicted octanol–water partition coefficient (Wildman–Crippen LogP) is 4.19. The van der Waals surface area contributed by atoms with Crippen LogP contribution in [0.3, 0.4) is 0 Å². The largest absolute Gasteiger partial charge is 0.486 e. The van der Waals surface area contributed by atoms with E-state index in [0.29, 0.717) is 0 Å². The van der Waals surface area contributed by atoms with Crippen molar-refractivity contribution in [3.05, 3.63) is 65.2 Å². The summed E-state index contributed by atoms with van der Waals surface area (Å²) in [5.74, 6) is 0.862. The molecule has 2 atom stereocenters. The van der Waals surface area contributed by atoms with E-state index < -0.39 is 6.10 Å². The van der Waals surface area contributed by atoms with E-state index in [-0.39, 0.29) is 6.10 Å². The summed E-state index contributed by atoms with van der Waals surface area (Å²) >= 11 is 0. The average Bonchev–Trinajstić information content (AvgIpc) is 2.41. The maximum atomic E-state index is 9.56. The van der Waals surface area contributed by atoms with Crippen molar-refractivity contribution in [1.29, 1.82) is 0 Å². The molecule has 0 spiro atoms. The number of hydrogen-bond acceptors (Lipinski definition) is 2. The summed E-state index contributed by atoms with van der Waals surface area (Å²) in [4.78, 5) is 0. The van der Waals surface area contributed by atoms with Gasteiger partial charge in [-0.1, -0.05) is 36.4 Å². The number of aryl methyl sites for hydroxylation is 1. The molecular weight excluding hydrogens is 236 g/mol. The van der Waals surface area contributed by atoms with E-state index in [0.717, 1.165) is 22.4 Å². The van der Waals surface area contributed by atoms with Gasteiger partial charge in [-0.25, -0.2) is 0 Å². The minimum absolute atomic E-state index is 0.0114. The second-order valence-electron chi connectivity index (χ2n) is 4.87. The van der Waals surface area contributed by atoms with Crippen molar-refractivity contribution in [3.63, 3.8) is 0 Å². The number of benzene rings is 2. The number of aliphatic hydroxyl groups excluding tert-OH is 1. The lowest BCUT2D eigenvalue weighted by Gasteiger charge is -2.17. The quantitative estimate of drug-likeness (QED) is 0.888. The van der Waals surface area contributed by atoms with Crippen LogP contribution in [-0.2, 0) is 0 Å². The Hall–Kier alpha value is -1.80. The molecule has 0 radical (unpaired) electrons. The van der Waals surface area contributed by atoms with Gasteiger partial charge in [0.1, 0.15) is 11.9 Å². The van der Waals surface area contributed by atoms with Crippen molar-refractivity contribution >= 4 is 0 Å². The molecule has 100 valence electrons. The molecule has 0 fully saturated rings. The molecule has 2 aromatic rings. The first kappa shape index (κ1) is 13.6. The van der Waals surface area contributed by atoms with Crippen LogP contribution >= 0.6 is 0 Å². The van der Waals surface area contributed by atoms with Crippen LogP contribution in [0.25, 0.3) is 0 Å².